The molecule has 2 nitrogen and oxygen atoms in total. The van der Waals surface area contributed by atoms with Crippen molar-refractivity contribution in [1.82, 2.24) is 9.13 Å². The standard InChI is InChI=1S/C55H42N2/c1-3-15-39(16-4-1)55(49-23-11-7-19-43(49)44-20-8-12-24-50(44)55)40-29-31-42(32-30-40)57-52-26-14-10-22-46(52)48-36-38(28-34-54(48)57)37-27-33-53-47(35-37)45-21-9-13-25-51(45)56(53)41-17-5-2-6-18-41/h1-3,5-11,13-15,17-23,25-36,44,50H,4,12,16,24H2. The van der Waals surface area contributed by atoms with Crippen molar-refractivity contribution in [2.24, 2.45) is 5.92 Å². The van der Waals surface area contributed by atoms with Gasteiger partial charge in [0.2, 0.25) is 0 Å². The molecule has 7 aromatic carbocycles. The van der Waals surface area contributed by atoms with Gasteiger partial charge in [-0.25, -0.2) is 0 Å². The third kappa shape index (κ3) is 4.71. The second-order valence-corrected chi connectivity index (χ2v) is 16.2. The van der Waals surface area contributed by atoms with Gasteiger partial charge in [-0.05, 0) is 120 Å². The number of aromatic nitrogens is 2. The van der Waals surface area contributed by atoms with Crippen molar-refractivity contribution in [3.05, 3.63) is 216 Å². The predicted molar refractivity (Wildman–Crippen MR) is 239 cm³/mol. The summed E-state index contributed by atoms with van der Waals surface area (Å²) in [6.07, 6.45) is 16.6. The van der Waals surface area contributed by atoms with Crippen LogP contribution < -0.4 is 0 Å². The van der Waals surface area contributed by atoms with E-state index in [0.717, 1.165) is 19.3 Å². The van der Waals surface area contributed by atoms with Crippen LogP contribution in [0.25, 0.3) is 66.1 Å². The number of hydrogen-bond donors (Lipinski definition) is 0. The molecule has 12 rings (SSSR count). The number of hydrogen-bond acceptors (Lipinski definition) is 0. The molecule has 0 N–H and O–H groups in total. The SMILES string of the molecule is C1=CCCC(C2(c3ccc(-n4c5ccccc5c5cc(-c6ccc7c(c6)c6ccccc6n7-c6ccccc6)ccc54)cc3)c3ccccc3C3C=CCCC32)=C1. The van der Waals surface area contributed by atoms with Gasteiger partial charge in [-0.1, -0.05) is 139 Å². The predicted octanol–water partition coefficient (Wildman–Crippen LogP) is 14.2. The maximum Gasteiger partial charge on any atom is 0.0541 e. The van der Waals surface area contributed by atoms with Gasteiger partial charge in [0.1, 0.15) is 0 Å². The van der Waals surface area contributed by atoms with Crippen LogP contribution in [0.2, 0.25) is 0 Å². The lowest BCUT2D eigenvalue weighted by Crippen LogP contribution is -2.37. The van der Waals surface area contributed by atoms with E-state index in [-0.39, 0.29) is 5.41 Å². The molecule has 0 bridgehead atoms. The summed E-state index contributed by atoms with van der Waals surface area (Å²) in [5.41, 5.74) is 15.6. The van der Waals surface area contributed by atoms with E-state index >= 15 is 0 Å². The Bertz CT molecular complexity index is 3130. The first-order valence-corrected chi connectivity index (χ1v) is 20.6. The van der Waals surface area contributed by atoms with Crippen molar-refractivity contribution in [3.8, 4) is 22.5 Å². The highest BCUT2D eigenvalue weighted by Gasteiger charge is 2.54. The van der Waals surface area contributed by atoms with Gasteiger partial charge in [0.15, 0.2) is 0 Å². The monoisotopic (exact) mass is 730 g/mol. The highest BCUT2D eigenvalue weighted by atomic mass is 15.0. The van der Waals surface area contributed by atoms with Crippen molar-refractivity contribution in [1.29, 1.82) is 0 Å². The number of benzene rings is 7. The molecule has 3 aliphatic rings. The van der Waals surface area contributed by atoms with Gasteiger partial charge in [0.05, 0.1) is 22.1 Å². The lowest BCUT2D eigenvalue weighted by atomic mass is 9.60. The van der Waals surface area contributed by atoms with Crippen LogP contribution in [0.1, 0.15) is 48.3 Å². The molecule has 0 fully saturated rings. The lowest BCUT2D eigenvalue weighted by Gasteiger charge is -2.42. The number of fused-ring (bicyclic) bond motifs is 9. The molecule has 0 saturated heterocycles. The van der Waals surface area contributed by atoms with E-state index in [1.54, 1.807) is 5.57 Å². The molecule has 2 aromatic heterocycles. The Morgan fingerprint density at radius 1 is 0.491 bits per heavy atom. The fourth-order valence-electron chi connectivity index (χ4n) is 11.2. The number of para-hydroxylation sites is 3. The molecule has 9 aromatic rings. The number of allylic oxidation sites excluding steroid dienone is 6. The molecule has 2 heterocycles. The smallest absolute Gasteiger partial charge is 0.0541 e. The van der Waals surface area contributed by atoms with E-state index in [9.17, 15) is 0 Å². The van der Waals surface area contributed by atoms with Crippen LogP contribution in [0.5, 0.6) is 0 Å². The summed E-state index contributed by atoms with van der Waals surface area (Å²) in [5, 5.41) is 5.09. The minimum absolute atomic E-state index is 0.125. The Kier molecular flexibility index (Phi) is 7.26. The van der Waals surface area contributed by atoms with E-state index < -0.39 is 0 Å². The summed E-state index contributed by atoms with van der Waals surface area (Å²) in [6, 6.07) is 61.4. The summed E-state index contributed by atoms with van der Waals surface area (Å²) in [7, 11) is 0. The topological polar surface area (TPSA) is 9.86 Å². The summed E-state index contributed by atoms with van der Waals surface area (Å²) < 4.78 is 4.86. The zero-order chi connectivity index (χ0) is 37.5. The average Bonchev–Trinajstić information content (AvgIpc) is 3.91. The van der Waals surface area contributed by atoms with Crippen molar-refractivity contribution in [2.75, 3.05) is 0 Å². The van der Waals surface area contributed by atoms with E-state index in [4.69, 9.17) is 0 Å². The van der Waals surface area contributed by atoms with Gasteiger partial charge < -0.3 is 9.13 Å². The average molecular weight is 731 g/mol. The van der Waals surface area contributed by atoms with Gasteiger partial charge >= 0.3 is 0 Å². The Morgan fingerprint density at radius 3 is 1.75 bits per heavy atom. The summed E-state index contributed by atoms with van der Waals surface area (Å²) in [6.45, 7) is 0. The van der Waals surface area contributed by atoms with Crippen LogP contribution in [0.4, 0.5) is 0 Å². The first-order chi connectivity index (χ1) is 28.3. The Balaban J connectivity index is 0.993. The summed E-state index contributed by atoms with van der Waals surface area (Å²) in [5.74, 6) is 0.973. The first-order valence-electron chi connectivity index (χ1n) is 20.6. The van der Waals surface area contributed by atoms with Gasteiger partial charge in [-0.2, -0.15) is 0 Å². The molecule has 0 saturated carbocycles. The molecule has 3 aliphatic carbocycles. The molecule has 0 spiro atoms. The Morgan fingerprint density at radius 2 is 1.09 bits per heavy atom. The molecule has 3 unspecified atom stereocenters. The summed E-state index contributed by atoms with van der Waals surface area (Å²) in [4.78, 5) is 0. The minimum Gasteiger partial charge on any atom is -0.309 e. The molecule has 0 radical (unpaired) electrons. The third-order valence-corrected chi connectivity index (χ3v) is 13.5. The lowest BCUT2D eigenvalue weighted by molar-refractivity contribution is 0.334. The quantitative estimate of drug-likeness (QED) is 0.156. The van der Waals surface area contributed by atoms with Crippen LogP contribution in [0, 0.1) is 5.92 Å². The second-order valence-electron chi connectivity index (χ2n) is 16.2. The molecule has 0 aliphatic heterocycles. The van der Waals surface area contributed by atoms with Crippen LogP contribution in [-0.2, 0) is 5.41 Å². The van der Waals surface area contributed by atoms with Crippen molar-refractivity contribution < 1.29 is 0 Å². The normalized spacial score (nSPS) is 20.0. The maximum absolute atomic E-state index is 2.51. The Labute approximate surface area is 333 Å². The number of rotatable bonds is 5. The van der Waals surface area contributed by atoms with Crippen LogP contribution in [0.3, 0.4) is 0 Å². The van der Waals surface area contributed by atoms with E-state index in [0.29, 0.717) is 11.8 Å². The molecular weight excluding hydrogens is 689 g/mol. The number of nitrogens with zero attached hydrogens (tertiary/aromatic N) is 2. The van der Waals surface area contributed by atoms with Crippen LogP contribution >= 0.6 is 0 Å². The van der Waals surface area contributed by atoms with Crippen molar-refractivity contribution >= 4 is 43.6 Å². The molecule has 272 valence electrons. The van der Waals surface area contributed by atoms with Gasteiger partial charge in [-0.15, -0.1) is 0 Å². The highest BCUT2D eigenvalue weighted by molar-refractivity contribution is 6.12. The van der Waals surface area contributed by atoms with Gasteiger partial charge in [0, 0.05) is 44.3 Å². The fourth-order valence-corrected chi connectivity index (χ4v) is 11.2. The second kappa shape index (κ2) is 12.7. The first kappa shape index (κ1) is 32.6. The molecule has 0 amide bonds. The van der Waals surface area contributed by atoms with Crippen LogP contribution in [0.15, 0.2) is 200 Å². The molecule has 3 atom stereocenters. The third-order valence-electron chi connectivity index (χ3n) is 13.5. The molecule has 57 heavy (non-hydrogen) atoms. The zero-order valence-corrected chi connectivity index (χ0v) is 31.9. The van der Waals surface area contributed by atoms with E-state index in [2.05, 4.69) is 203 Å². The van der Waals surface area contributed by atoms with E-state index in [1.807, 2.05) is 0 Å². The molecular formula is C55H42N2. The molecule has 2 heteroatoms. The van der Waals surface area contributed by atoms with Crippen LogP contribution in [-0.4, -0.2) is 9.13 Å². The Hall–Kier alpha value is -6.64. The zero-order valence-electron chi connectivity index (χ0n) is 31.9. The van der Waals surface area contributed by atoms with Gasteiger partial charge in [0.25, 0.3) is 0 Å². The highest BCUT2D eigenvalue weighted by Crippen LogP contribution is 2.62. The van der Waals surface area contributed by atoms with Crippen molar-refractivity contribution in [3.63, 3.8) is 0 Å². The van der Waals surface area contributed by atoms with Crippen molar-refractivity contribution in [2.45, 2.75) is 37.0 Å². The minimum atomic E-state index is -0.125. The summed E-state index contributed by atoms with van der Waals surface area (Å²) >= 11 is 0. The largest absolute Gasteiger partial charge is 0.309 e. The van der Waals surface area contributed by atoms with E-state index in [1.165, 1.54) is 89.2 Å². The maximum atomic E-state index is 2.51. The fraction of sp³-hybridized carbons (Fsp3) is 0.127. The van der Waals surface area contributed by atoms with Gasteiger partial charge in [-0.3, -0.25) is 0 Å².